The number of hydrogen-bond acceptors (Lipinski definition) is 3. The van der Waals surface area contributed by atoms with E-state index in [0.717, 1.165) is 12.1 Å². The molecule has 1 aromatic carbocycles. The van der Waals surface area contributed by atoms with E-state index in [0.29, 0.717) is 25.6 Å². The van der Waals surface area contributed by atoms with Crippen molar-refractivity contribution in [3.05, 3.63) is 29.8 Å². The summed E-state index contributed by atoms with van der Waals surface area (Å²) >= 11 is 0. The molecule has 1 fully saturated rings. The molecule has 1 amide bonds. The number of amides is 1. The summed E-state index contributed by atoms with van der Waals surface area (Å²) in [5.74, 6) is -3.07. The molecule has 7 heteroatoms. The predicted octanol–water partition coefficient (Wildman–Crippen LogP) is 1.67. The summed E-state index contributed by atoms with van der Waals surface area (Å²) in [6, 6.07) is 2.84. The van der Waals surface area contributed by atoms with Gasteiger partial charge in [0.15, 0.2) is 18.2 Å². The van der Waals surface area contributed by atoms with Crippen LogP contribution >= 0.6 is 0 Å². The number of carbonyl (C=O) groups excluding carboxylic acids is 1. The van der Waals surface area contributed by atoms with Gasteiger partial charge in [-0.05, 0) is 24.5 Å². The van der Waals surface area contributed by atoms with E-state index in [9.17, 15) is 18.4 Å². The van der Waals surface area contributed by atoms with Crippen LogP contribution in [0.3, 0.4) is 0 Å². The highest BCUT2D eigenvalue weighted by Gasteiger charge is 2.27. The second-order valence-corrected chi connectivity index (χ2v) is 4.96. The number of hydrogen-bond donors (Lipinski definition) is 1. The van der Waals surface area contributed by atoms with Crippen LogP contribution in [0.4, 0.5) is 8.78 Å². The fourth-order valence-electron chi connectivity index (χ4n) is 2.30. The second kappa shape index (κ2) is 6.51. The van der Waals surface area contributed by atoms with E-state index in [1.54, 1.807) is 0 Å². The number of likely N-dealkylation sites (tertiary alicyclic amines) is 1. The Bertz CT molecular complexity index is 550. The van der Waals surface area contributed by atoms with E-state index in [1.807, 2.05) is 0 Å². The maximum Gasteiger partial charge on any atom is 0.303 e. The molecule has 2 rings (SSSR count). The van der Waals surface area contributed by atoms with E-state index < -0.39 is 17.6 Å². The topological polar surface area (TPSA) is 66.8 Å². The lowest BCUT2D eigenvalue weighted by molar-refractivity contribution is -0.138. The van der Waals surface area contributed by atoms with Gasteiger partial charge in [-0.3, -0.25) is 9.59 Å². The fourth-order valence-corrected chi connectivity index (χ4v) is 2.30. The molecular formula is C14H15F2NO4. The molecule has 1 heterocycles. The largest absolute Gasteiger partial charge is 0.481 e. The summed E-state index contributed by atoms with van der Waals surface area (Å²) in [7, 11) is 0. The van der Waals surface area contributed by atoms with Gasteiger partial charge in [-0.1, -0.05) is 0 Å². The van der Waals surface area contributed by atoms with Crippen LogP contribution in [0, 0.1) is 17.6 Å². The smallest absolute Gasteiger partial charge is 0.303 e. The molecule has 0 aliphatic carbocycles. The van der Waals surface area contributed by atoms with Crippen molar-refractivity contribution in [3.63, 3.8) is 0 Å². The molecule has 0 radical (unpaired) electrons. The molecular weight excluding hydrogens is 284 g/mol. The Labute approximate surface area is 120 Å². The van der Waals surface area contributed by atoms with Crippen molar-refractivity contribution in [2.24, 2.45) is 5.92 Å². The van der Waals surface area contributed by atoms with Crippen LogP contribution in [-0.2, 0) is 9.59 Å². The Kier molecular flexibility index (Phi) is 4.72. The van der Waals surface area contributed by atoms with Crippen molar-refractivity contribution in [1.82, 2.24) is 4.90 Å². The molecule has 114 valence electrons. The normalized spacial score (nSPS) is 17.8. The summed E-state index contributed by atoms with van der Waals surface area (Å²) in [4.78, 5) is 24.0. The van der Waals surface area contributed by atoms with Gasteiger partial charge in [0, 0.05) is 25.6 Å². The van der Waals surface area contributed by atoms with Gasteiger partial charge >= 0.3 is 5.97 Å². The number of carboxylic acids is 1. The second-order valence-electron chi connectivity index (χ2n) is 4.96. The Hall–Kier alpha value is -2.18. The maximum absolute atomic E-state index is 13.3. The molecule has 5 nitrogen and oxygen atoms in total. The summed E-state index contributed by atoms with van der Waals surface area (Å²) in [5.41, 5.74) is 0. The summed E-state index contributed by atoms with van der Waals surface area (Å²) < 4.78 is 31.1. The van der Waals surface area contributed by atoms with Crippen LogP contribution in [0.15, 0.2) is 18.2 Å². The summed E-state index contributed by atoms with van der Waals surface area (Å²) in [6.07, 6.45) is 0.653. The van der Waals surface area contributed by atoms with Crippen LogP contribution in [0.25, 0.3) is 0 Å². The van der Waals surface area contributed by atoms with Gasteiger partial charge < -0.3 is 14.7 Å². The van der Waals surface area contributed by atoms with Crippen molar-refractivity contribution >= 4 is 11.9 Å². The van der Waals surface area contributed by atoms with Crippen molar-refractivity contribution in [2.75, 3.05) is 19.7 Å². The Morgan fingerprint density at radius 2 is 2.14 bits per heavy atom. The Morgan fingerprint density at radius 1 is 1.38 bits per heavy atom. The zero-order chi connectivity index (χ0) is 15.4. The summed E-state index contributed by atoms with van der Waals surface area (Å²) in [6.45, 7) is 0.467. The first-order valence-corrected chi connectivity index (χ1v) is 6.53. The standard InChI is InChI=1S/C14H15F2NO4/c15-10-1-2-12(11(16)6-10)21-8-13(18)17-4-3-9(7-17)5-14(19)20/h1-2,6,9H,3-5,7-8H2,(H,19,20). The molecule has 1 saturated heterocycles. The highest BCUT2D eigenvalue weighted by atomic mass is 19.1. The first kappa shape index (κ1) is 15.2. The minimum atomic E-state index is -0.890. The minimum Gasteiger partial charge on any atom is -0.481 e. The lowest BCUT2D eigenvalue weighted by atomic mass is 10.1. The summed E-state index contributed by atoms with van der Waals surface area (Å²) in [5, 5.41) is 8.70. The number of rotatable bonds is 5. The number of benzene rings is 1. The minimum absolute atomic E-state index is 0.0250. The average Bonchev–Trinajstić information content (AvgIpc) is 2.85. The van der Waals surface area contributed by atoms with Crippen LogP contribution in [-0.4, -0.2) is 41.6 Å². The molecule has 0 aromatic heterocycles. The molecule has 0 spiro atoms. The number of ether oxygens (including phenoxy) is 1. The van der Waals surface area contributed by atoms with Gasteiger partial charge in [0.25, 0.3) is 5.91 Å². The van der Waals surface area contributed by atoms with Gasteiger partial charge in [0.1, 0.15) is 5.82 Å². The highest BCUT2D eigenvalue weighted by molar-refractivity contribution is 5.78. The molecule has 0 bridgehead atoms. The number of nitrogens with zero attached hydrogens (tertiary/aromatic N) is 1. The van der Waals surface area contributed by atoms with E-state index in [2.05, 4.69) is 0 Å². The SMILES string of the molecule is O=C(O)CC1CCN(C(=O)COc2ccc(F)cc2F)C1. The highest BCUT2D eigenvalue weighted by Crippen LogP contribution is 2.21. The monoisotopic (exact) mass is 299 g/mol. The molecule has 21 heavy (non-hydrogen) atoms. The predicted molar refractivity (Wildman–Crippen MR) is 68.8 cm³/mol. The Morgan fingerprint density at radius 3 is 2.81 bits per heavy atom. The lowest BCUT2D eigenvalue weighted by Crippen LogP contribution is -2.33. The first-order valence-electron chi connectivity index (χ1n) is 6.53. The molecule has 0 saturated carbocycles. The van der Waals surface area contributed by atoms with Gasteiger partial charge in [-0.15, -0.1) is 0 Å². The van der Waals surface area contributed by atoms with Crippen LogP contribution in [0.2, 0.25) is 0 Å². The van der Waals surface area contributed by atoms with Crippen molar-refractivity contribution in [2.45, 2.75) is 12.8 Å². The lowest BCUT2D eigenvalue weighted by Gasteiger charge is -2.16. The van der Waals surface area contributed by atoms with Crippen molar-refractivity contribution in [1.29, 1.82) is 0 Å². The number of aliphatic carboxylic acids is 1. The molecule has 1 atom stereocenters. The molecule has 1 aromatic rings. The van der Waals surface area contributed by atoms with Crippen molar-refractivity contribution < 1.29 is 28.2 Å². The number of halogens is 2. The van der Waals surface area contributed by atoms with Gasteiger partial charge in [0.2, 0.25) is 0 Å². The fraction of sp³-hybridized carbons (Fsp3) is 0.429. The van der Waals surface area contributed by atoms with Crippen LogP contribution in [0.1, 0.15) is 12.8 Å². The quantitative estimate of drug-likeness (QED) is 0.898. The number of carboxylic acid groups (broad SMARTS) is 1. The van der Waals surface area contributed by atoms with Gasteiger partial charge in [-0.2, -0.15) is 0 Å². The average molecular weight is 299 g/mol. The maximum atomic E-state index is 13.3. The zero-order valence-electron chi connectivity index (χ0n) is 11.2. The van der Waals surface area contributed by atoms with E-state index in [4.69, 9.17) is 9.84 Å². The third-order valence-corrected chi connectivity index (χ3v) is 3.35. The first-order chi connectivity index (χ1) is 9.95. The zero-order valence-corrected chi connectivity index (χ0v) is 11.2. The van der Waals surface area contributed by atoms with E-state index >= 15 is 0 Å². The van der Waals surface area contributed by atoms with Crippen LogP contribution < -0.4 is 4.74 Å². The Balaban J connectivity index is 1.84. The third-order valence-electron chi connectivity index (χ3n) is 3.35. The van der Waals surface area contributed by atoms with Gasteiger partial charge in [0.05, 0.1) is 0 Å². The van der Waals surface area contributed by atoms with Crippen molar-refractivity contribution in [3.8, 4) is 5.75 Å². The third kappa shape index (κ3) is 4.14. The molecule has 1 aliphatic rings. The van der Waals surface area contributed by atoms with E-state index in [-0.39, 0.29) is 30.6 Å². The van der Waals surface area contributed by atoms with E-state index in [1.165, 1.54) is 4.90 Å². The van der Waals surface area contributed by atoms with Crippen LogP contribution in [0.5, 0.6) is 5.75 Å². The molecule has 1 unspecified atom stereocenters. The van der Waals surface area contributed by atoms with Gasteiger partial charge in [-0.25, -0.2) is 8.78 Å². The molecule has 1 aliphatic heterocycles. The number of carbonyl (C=O) groups is 2. The molecule has 1 N–H and O–H groups in total.